The first-order valence-corrected chi connectivity index (χ1v) is 11.9. The monoisotopic (exact) mass is 457 g/mol. The highest BCUT2D eigenvalue weighted by Gasteiger charge is 2.51. The molecule has 5 rings (SSSR count). The Morgan fingerprint density at radius 1 is 1.06 bits per heavy atom. The molecule has 4 aliphatic rings. The van der Waals surface area contributed by atoms with Crippen LogP contribution in [0.15, 0.2) is 12.4 Å². The molecule has 0 radical (unpaired) electrons. The number of aromatic nitrogens is 2. The molecular weight excluding hydrogens is 423 g/mol. The number of ether oxygens (including phenoxy) is 1. The molecular formula is C21H34F3N7O. The molecule has 8 atom stereocenters. The van der Waals surface area contributed by atoms with E-state index in [9.17, 15) is 13.2 Å². The van der Waals surface area contributed by atoms with Gasteiger partial charge in [0.1, 0.15) is 12.5 Å². The van der Waals surface area contributed by atoms with Gasteiger partial charge in [-0.2, -0.15) is 18.3 Å². The number of piperidine rings is 1. The summed E-state index contributed by atoms with van der Waals surface area (Å²) >= 11 is 0. The second-order valence-corrected chi connectivity index (χ2v) is 9.76. The Hall–Kier alpha value is -1.24. The molecule has 0 saturated carbocycles. The Morgan fingerprint density at radius 3 is 2.62 bits per heavy atom. The SMILES string of the molecule is NC1CC(c2cn[nH]c2)C2NC1C1NNC(O1)C(C(F)(F)F)CCCCC[C@@H]1CCCN21. The van der Waals surface area contributed by atoms with Gasteiger partial charge in [-0.25, -0.2) is 10.9 Å². The zero-order valence-corrected chi connectivity index (χ0v) is 18.2. The van der Waals surface area contributed by atoms with Crippen LogP contribution in [0.25, 0.3) is 0 Å². The predicted molar refractivity (Wildman–Crippen MR) is 112 cm³/mol. The van der Waals surface area contributed by atoms with Crippen LogP contribution < -0.4 is 21.9 Å². The van der Waals surface area contributed by atoms with E-state index >= 15 is 0 Å². The van der Waals surface area contributed by atoms with Crippen molar-refractivity contribution in [1.82, 2.24) is 31.3 Å². The Bertz CT molecular complexity index is 748. The van der Waals surface area contributed by atoms with Gasteiger partial charge in [0.05, 0.1) is 24.3 Å². The Morgan fingerprint density at radius 2 is 1.84 bits per heavy atom. The van der Waals surface area contributed by atoms with Gasteiger partial charge in [0.2, 0.25) is 0 Å². The lowest BCUT2D eigenvalue weighted by Crippen LogP contribution is -2.68. The van der Waals surface area contributed by atoms with Crippen molar-refractivity contribution in [1.29, 1.82) is 0 Å². The maximum absolute atomic E-state index is 13.8. The summed E-state index contributed by atoms with van der Waals surface area (Å²) < 4.78 is 47.3. The number of hydrazine groups is 1. The van der Waals surface area contributed by atoms with Crippen molar-refractivity contribution in [2.24, 2.45) is 11.7 Å². The predicted octanol–water partition coefficient (Wildman–Crippen LogP) is 1.89. The summed E-state index contributed by atoms with van der Waals surface area (Å²) in [4.78, 5) is 2.56. The fraction of sp³-hybridized carbons (Fsp3) is 0.857. The summed E-state index contributed by atoms with van der Waals surface area (Å²) in [5.41, 5.74) is 13.4. The second-order valence-electron chi connectivity index (χ2n) is 9.76. The van der Waals surface area contributed by atoms with Crippen LogP contribution in [0.5, 0.6) is 0 Å². The number of H-pyrrole nitrogens is 1. The molecule has 4 fully saturated rings. The minimum atomic E-state index is -4.31. The molecule has 4 saturated heterocycles. The first kappa shape index (κ1) is 22.5. The van der Waals surface area contributed by atoms with Gasteiger partial charge in [0.15, 0.2) is 0 Å². The van der Waals surface area contributed by atoms with E-state index in [1.54, 1.807) is 0 Å². The molecule has 6 N–H and O–H groups in total. The van der Waals surface area contributed by atoms with Crippen LogP contribution in [0.1, 0.15) is 62.8 Å². The normalized spacial score (nSPS) is 41.9. The van der Waals surface area contributed by atoms with Crippen LogP contribution >= 0.6 is 0 Å². The fourth-order valence-electron chi connectivity index (χ4n) is 6.13. The minimum Gasteiger partial charge on any atom is -0.340 e. The molecule has 1 aromatic rings. The van der Waals surface area contributed by atoms with Crippen molar-refractivity contribution in [3.05, 3.63) is 18.0 Å². The van der Waals surface area contributed by atoms with Gasteiger partial charge in [-0.3, -0.25) is 15.3 Å². The van der Waals surface area contributed by atoms with Gasteiger partial charge in [0.25, 0.3) is 0 Å². The van der Waals surface area contributed by atoms with Gasteiger partial charge in [-0.15, -0.1) is 0 Å². The molecule has 0 aliphatic carbocycles. The highest BCUT2D eigenvalue weighted by molar-refractivity contribution is 5.18. The number of fused-ring (bicyclic) bond motifs is 7. The van der Waals surface area contributed by atoms with Gasteiger partial charge in [-0.1, -0.05) is 19.3 Å². The van der Waals surface area contributed by atoms with Gasteiger partial charge < -0.3 is 10.5 Å². The van der Waals surface area contributed by atoms with Gasteiger partial charge in [0, 0.05) is 24.2 Å². The molecule has 4 aliphatic heterocycles. The third-order valence-corrected chi connectivity index (χ3v) is 7.78. The van der Waals surface area contributed by atoms with Crippen molar-refractivity contribution >= 4 is 0 Å². The summed E-state index contributed by atoms with van der Waals surface area (Å²) in [5, 5.41) is 10.8. The summed E-state index contributed by atoms with van der Waals surface area (Å²) in [5.74, 6) is -1.39. The molecule has 4 bridgehead atoms. The number of hydrogen-bond acceptors (Lipinski definition) is 7. The van der Waals surface area contributed by atoms with E-state index in [4.69, 9.17) is 10.5 Å². The van der Waals surface area contributed by atoms with Crippen LogP contribution in [0, 0.1) is 5.92 Å². The van der Waals surface area contributed by atoms with E-state index in [1.165, 1.54) is 0 Å². The number of nitrogens with one attached hydrogen (secondary N) is 4. The number of aromatic amines is 1. The average molecular weight is 458 g/mol. The van der Waals surface area contributed by atoms with Gasteiger partial charge in [-0.05, 0) is 44.2 Å². The van der Waals surface area contributed by atoms with Crippen molar-refractivity contribution < 1.29 is 17.9 Å². The number of nitrogens with zero attached hydrogens (tertiary/aromatic N) is 2. The zero-order valence-electron chi connectivity index (χ0n) is 18.2. The number of halogens is 3. The molecule has 8 nitrogen and oxygen atoms in total. The smallest absolute Gasteiger partial charge is 0.340 e. The summed E-state index contributed by atoms with van der Waals surface area (Å²) in [6.07, 6.45) is 4.11. The second kappa shape index (κ2) is 9.19. The number of hydrogen-bond donors (Lipinski definition) is 5. The molecule has 1 aromatic heterocycles. The minimum absolute atomic E-state index is 0.0377. The van der Waals surface area contributed by atoms with Crippen molar-refractivity contribution in [3.63, 3.8) is 0 Å². The standard InChI is InChI=1S/C21H34F3N7O/c22-21(23,24)15-7-3-1-2-5-13-6-4-8-31(13)18-14(12-10-26-27-11-12)9-16(25)17(28-18)20-30-29-19(15)32-20/h10-11,13-20,28-30H,1-9,25H2,(H,26,27)/t13-,14?,15?,16?,17?,18?,19?,20?/m1/s1. The topological polar surface area (TPSA) is 103 Å². The third-order valence-electron chi connectivity index (χ3n) is 7.78. The number of nitrogens with two attached hydrogens (primary N) is 1. The van der Waals surface area contributed by atoms with Crippen molar-refractivity contribution in [2.45, 2.75) is 100 Å². The summed E-state index contributed by atoms with van der Waals surface area (Å²) in [7, 11) is 0. The largest absolute Gasteiger partial charge is 0.395 e. The molecule has 11 heteroatoms. The summed E-state index contributed by atoms with van der Waals surface area (Å²) in [6, 6.07) is -0.150. The first-order chi connectivity index (χ1) is 15.4. The van der Waals surface area contributed by atoms with Crippen LogP contribution in [0.2, 0.25) is 0 Å². The van der Waals surface area contributed by atoms with Crippen LogP contribution in [-0.4, -0.2) is 64.6 Å². The van der Waals surface area contributed by atoms with E-state index < -0.39 is 24.6 Å². The molecule has 180 valence electrons. The Kier molecular flexibility index (Phi) is 6.47. The quantitative estimate of drug-likeness (QED) is 0.439. The highest BCUT2D eigenvalue weighted by Crippen LogP contribution is 2.39. The van der Waals surface area contributed by atoms with Crippen LogP contribution in [-0.2, 0) is 4.74 Å². The summed E-state index contributed by atoms with van der Waals surface area (Å²) in [6.45, 7) is 1.01. The Balaban J connectivity index is 1.43. The first-order valence-electron chi connectivity index (χ1n) is 11.9. The number of alkyl halides is 3. The van der Waals surface area contributed by atoms with Crippen molar-refractivity contribution in [2.75, 3.05) is 6.54 Å². The lowest BCUT2D eigenvalue weighted by molar-refractivity contribution is -0.211. The van der Waals surface area contributed by atoms with Crippen molar-refractivity contribution in [3.8, 4) is 0 Å². The number of rotatable bonds is 1. The zero-order chi connectivity index (χ0) is 22.3. The van der Waals surface area contributed by atoms with Crippen LogP contribution in [0.4, 0.5) is 13.2 Å². The van der Waals surface area contributed by atoms with E-state index in [-0.39, 0.29) is 30.6 Å². The fourth-order valence-corrected chi connectivity index (χ4v) is 6.13. The molecule has 7 unspecified atom stereocenters. The third kappa shape index (κ3) is 4.43. The maximum Gasteiger partial charge on any atom is 0.395 e. The molecule has 0 amide bonds. The molecule has 0 aromatic carbocycles. The van der Waals surface area contributed by atoms with Crippen LogP contribution in [0.3, 0.4) is 0 Å². The molecule has 0 spiro atoms. The van der Waals surface area contributed by atoms with E-state index in [0.29, 0.717) is 18.9 Å². The Labute approximate surface area is 186 Å². The lowest BCUT2D eigenvalue weighted by atomic mass is 9.82. The maximum atomic E-state index is 13.8. The van der Waals surface area contributed by atoms with Gasteiger partial charge >= 0.3 is 6.18 Å². The molecule has 32 heavy (non-hydrogen) atoms. The lowest BCUT2D eigenvalue weighted by Gasteiger charge is -2.48. The highest BCUT2D eigenvalue weighted by atomic mass is 19.4. The van der Waals surface area contributed by atoms with E-state index in [2.05, 4.69) is 31.3 Å². The van der Waals surface area contributed by atoms with E-state index in [1.807, 2.05) is 12.4 Å². The molecule has 5 heterocycles. The van der Waals surface area contributed by atoms with E-state index in [0.717, 1.165) is 44.2 Å². The average Bonchev–Trinajstić information content (AvgIpc) is 3.50.